The van der Waals surface area contributed by atoms with Crippen LogP contribution >= 0.6 is 0 Å². The van der Waals surface area contributed by atoms with Gasteiger partial charge >= 0.3 is 12.4 Å². The third-order valence-electron chi connectivity index (χ3n) is 4.02. The molecule has 2 rings (SSSR count). The van der Waals surface area contributed by atoms with Gasteiger partial charge in [-0.2, -0.15) is 26.3 Å². The second-order valence-corrected chi connectivity index (χ2v) is 13.4. The van der Waals surface area contributed by atoms with E-state index in [0.717, 1.165) is 22.7 Å². The van der Waals surface area contributed by atoms with Gasteiger partial charge in [-0.25, -0.2) is 4.98 Å². The lowest BCUT2D eigenvalue weighted by Gasteiger charge is -2.17. The molecule has 1 aromatic carbocycles. The molecule has 0 fully saturated rings. The number of nitrogens with zero attached hydrogens (tertiary/aromatic N) is 2. The average molecular weight is 424 g/mol. The molecule has 156 valence electrons. The maximum absolute atomic E-state index is 13.4. The van der Waals surface area contributed by atoms with Crippen molar-refractivity contribution >= 4 is 8.07 Å². The van der Waals surface area contributed by atoms with E-state index in [4.69, 9.17) is 4.74 Å². The van der Waals surface area contributed by atoms with Gasteiger partial charge in [0.05, 0.1) is 5.56 Å². The summed E-state index contributed by atoms with van der Waals surface area (Å²) >= 11 is 0. The summed E-state index contributed by atoms with van der Waals surface area (Å²) < 4.78 is 86.1. The highest BCUT2D eigenvalue weighted by molar-refractivity contribution is 6.76. The summed E-state index contributed by atoms with van der Waals surface area (Å²) in [6.45, 7) is 7.82. The lowest BCUT2D eigenvalue weighted by Crippen LogP contribution is -2.22. The van der Waals surface area contributed by atoms with Crippen molar-refractivity contribution in [3.05, 3.63) is 41.2 Å². The number of rotatable bonds is 6. The van der Waals surface area contributed by atoms with Crippen LogP contribution < -0.4 is 0 Å². The molecule has 0 radical (unpaired) electrons. The van der Waals surface area contributed by atoms with E-state index in [2.05, 4.69) is 24.6 Å². The largest absolute Gasteiger partial charge is 0.434 e. The van der Waals surface area contributed by atoms with Gasteiger partial charge in [0, 0.05) is 26.4 Å². The Hall–Kier alpha value is -1.81. The molecule has 0 unspecified atom stereocenters. The highest BCUT2D eigenvalue weighted by Crippen LogP contribution is 2.39. The van der Waals surface area contributed by atoms with E-state index >= 15 is 0 Å². The number of aromatic nitrogens is 2. The van der Waals surface area contributed by atoms with Crippen LogP contribution in [0.15, 0.2) is 24.4 Å². The summed E-state index contributed by atoms with van der Waals surface area (Å²) in [5.41, 5.74) is -2.36. The van der Waals surface area contributed by atoms with Gasteiger partial charge in [-0.15, -0.1) is 0 Å². The van der Waals surface area contributed by atoms with Gasteiger partial charge in [0.25, 0.3) is 0 Å². The van der Waals surface area contributed by atoms with Gasteiger partial charge in [0.1, 0.15) is 12.6 Å². The summed E-state index contributed by atoms with van der Waals surface area (Å²) in [4.78, 5) is 3.45. The molecule has 10 heteroatoms. The fourth-order valence-electron chi connectivity index (χ4n) is 2.49. The Kier molecular flexibility index (Phi) is 6.34. The molecule has 3 nitrogen and oxygen atoms in total. The number of hydrogen-bond donors (Lipinski definition) is 0. The Morgan fingerprint density at radius 2 is 1.68 bits per heavy atom. The molecule has 0 atom stereocenters. The Labute approximate surface area is 160 Å². The average Bonchev–Trinajstić information content (AvgIpc) is 2.94. The summed E-state index contributed by atoms with van der Waals surface area (Å²) in [5, 5.41) is 0. The first-order chi connectivity index (χ1) is 12.7. The molecule has 0 bridgehead atoms. The molecule has 0 aliphatic rings. The standard InChI is InChI=1S/C18H22F6N2OSi/c1-12-5-6-13(14(9-12)17(19,20)21)16-25-15(18(22,23)24)10-26(16)11-27-7-8-28(2,3)4/h5-6,9-10H,7-8,11H2,1-4H3. The van der Waals surface area contributed by atoms with Crippen molar-refractivity contribution in [3.8, 4) is 11.4 Å². The minimum Gasteiger partial charge on any atom is -0.361 e. The molecule has 0 amide bonds. The van der Waals surface area contributed by atoms with Crippen molar-refractivity contribution in [2.75, 3.05) is 6.61 Å². The Balaban J connectivity index is 2.45. The normalized spacial score (nSPS) is 13.2. The summed E-state index contributed by atoms with van der Waals surface area (Å²) in [5.74, 6) is -0.423. The highest BCUT2D eigenvalue weighted by atomic mass is 28.3. The van der Waals surface area contributed by atoms with Crippen LogP contribution in [0, 0.1) is 6.92 Å². The third kappa shape index (κ3) is 5.84. The maximum Gasteiger partial charge on any atom is 0.434 e. The van der Waals surface area contributed by atoms with Crippen LogP contribution in [0.1, 0.15) is 16.8 Å². The predicted molar refractivity (Wildman–Crippen MR) is 96.5 cm³/mol. The Bertz CT molecular complexity index is 821. The number of ether oxygens (including phenoxy) is 1. The third-order valence-corrected chi connectivity index (χ3v) is 5.72. The molecule has 1 heterocycles. The molecule has 0 N–H and O–H groups in total. The van der Waals surface area contributed by atoms with Crippen LogP contribution in [0.2, 0.25) is 25.7 Å². The summed E-state index contributed by atoms with van der Waals surface area (Å²) in [6.07, 6.45) is -8.82. The quantitative estimate of drug-likeness (QED) is 0.313. The molecule has 0 saturated carbocycles. The smallest absolute Gasteiger partial charge is 0.361 e. The SMILES string of the molecule is Cc1ccc(-c2nc(C(F)(F)F)cn2COCC[Si](C)(C)C)c(C(F)(F)F)c1. The lowest BCUT2D eigenvalue weighted by atomic mass is 10.0. The van der Waals surface area contributed by atoms with Gasteiger partial charge in [0.2, 0.25) is 0 Å². The first-order valence-electron chi connectivity index (χ1n) is 8.59. The molecule has 0 saturated heterocycles. The topological polar surface area (TPSA) is 27.1 Å². The molecule has 0 aliphatic carbocycles. The van der Waals surface area contributed by atoms with Gasteiger partial charge in [0.15, 0.2) is 5.69 Å². The van der Waals surface area contributed by atoms with Crippen LogP contribution in [0.3, 0.4) is 0 Å². The first kappa shape index (κ1) is 22.5. The second-order valence-electron chi connectivity index (χ2n) is 7.81. The van der Waals surface area contributed by atoms with Crippen LogP contribution in [0.4, 0.5) is 26.3 Å². The molecule has 28 heavy (non-hydrogen) atoms. The van der Waals surface area contributed by atoms with E-state index in [-0.39, 0.29) is 6.73 Å². The van der Waals surface area contributed by atoms with Gasteiger partial charge < -0.3 is 9.30 Å². The van der Waals surface area contributed by atoms with Gasteiger partial charge in [-0.05, 0) is 19.0 Å². The van der Waals surface area contributed by atoms with Crippen molar-refractivity contribution in [1.82, 2.24) is 9.55 Å². The number of imidazole rings is 1. The number of halogens is 6. The van der Waals surface area contributed by atoms with Crippen molar-refractivity contribution in [3.63, 3.8) is 0 Å². The lowest BCUT2D eigenvalue weighted by molar-refractivity contribution is -0.141. The summed E-state index contributed by atoms with van der Waals surface area (Å²) in [7, 11) is -1.42. The zero-order valence-electron chi connectivity index (χ0n) is 16.0. The monoisotopic (exact) mass is 424 g/mol. The number of alkyl halides is 6. The van der Waals surface area contributed by atoms with Crippen molar-refractivity contribution in [2.45, 2.75) is 51.7 Å². The van der Waals surface area contributed by atoms with E-state index in [1.165, 1.54) is 13.0 Å². The van der Waals surface area contributed by atoms with E-state index in [1.54, 1.807) is 0 Å². The van der Waals surface area contributed by atoms with Crippen LogP contribution in [-0.2, 0) is 23.8 Å². The molecule has 0 spiro atoms. The molecular weight excluding hydrogens is 402 g/mol. The first-order valence-corrected chi connectivity index (χ1v) is 12.3. The maximum atomic E-state index is 13.4. The minimum absolute atomic E-state index is 0.311. The fraction of sp³-hybridized carbons (Fsp3) is 0.500. The van der Waals surface area contributed by atoms with E-state index in [1.807, 2.05) is 0 Å². The van der Waals surface area contributed by atoms with Crippen LogP contribution in [-0.4, -0.2) is 24.2 Å². The van der Waals surface area contributed by atoms with Gasteiger partial charge in [-0.3, -0.25) is 0 Å². The molecular formula is C18H22F6N2OSi. The number of benzene rings is 1. The zero-order valence-corrected chi connectivity index (χ0v) is 17.0. The minimum atomic E-state index is -4.78. The Morgan fingerprint density at radius 1 is 1.04 bits per heavy atom. The van der Waals surface area contributed by atoms with Crippen molar-refractivity contribution < 1.29 is 31.1 Å². The van der Waals surface area contributed by atoms with Crippen molar-refractivity contribution in [1.29, 1.82) is 0 Å². The van der Waals surface area contributed by atoms with E-state index < -0.39 is 43.1 Å². The van der Waals surface area contributed by atoms with Crippen LogP contribution in [0.5, 0.6) is 0 Å². The molecule has 2 aromatic rings. The zero-order chi connectivity index (χ0) is 21.3. The number of aryl methyl sites for hydroxylation is 1. The molecule has 1 aromatic heterocycles. The highest BCUT2D eigenvalue weighted by Gasteiger charge is 2.38. The van der Waals surface area contributed by atoms with E-state index in [9.17, 15) is 26.3 Å². The van der Waals surface area contributed by atoms with Crippen LogP contribution in [0.25, 0.3) is 11.4 Å². The predicted octanol–water partition coefficient (Wildman–Crippen LogP) is 6.21. The van der Waals surface area contributed by atoms with E-state index in [0.29, 0.717) is 18.4 Å². The number of hydrogen-bond acceptors (Lipinski definition) is 2. The summed E-state index contributed by atoms with van der Waals surface area (Å²) in [6, 6.07) is 4.22. The fourth-order valence-corrected chi connectivity index (χ4v) is 3.25. The van der Waals surface area contributed by atoms with Gasteiger partial charge in [-0.1, -0.05) is 37.3 Å². The Morgan fingerprint density at radius 3 is 2.21 bits per heavy atom. The van der Waals surface area contributed by atoms with Crippen molar-refractivity contribution in [2.24, 2.45) is 0 Å². The second kappa shape index (κ2) is 7.90. The molecule has 0 aliphatic heterocycles.